The molecule has 1 nitrogen and oxygen atoms in total. The molecule has 21 heavy (non-hydrogen) atoms. The zero-order valence-corrected chi connectivity index (χ0v) is 12.3. The highest BCUT2D eigenvalue weighted by molar-refractivity contribution is 6.30. The van der Waals surface area contributed by atoms with Crippen LogP contribution in [0.5, 0.6) is 0 Å². The lowest BCUT2D eigenvalue weighted by molar-refractivity contribution is 0.547. The minimum absolute atomic E-state index is 0.235. The maximum atomic E-state index is 13.9. The number of hydrogen-bond donors (Lipinski definition) is 1. The van der Waals surface area contributed by atoms with E-state index < -0.39 is 17.5 Å². The zero-order valence-electron chi connectivity index (χ0n) is 11.5. The van der Waals surface area contributed by atoms with Gasteiger partial charge in [-0.25, -0.2) is 13.2 Å². The van der Waals surface area contributed by atoms with Crippen molar-refractivity contribution in [2.24, 2.45) is 0 Å². The largest absolute Gasteiger partial charge is 0.313 e. The quantitative estimate of drug-likeness (QED) is 0.772. The summed E-state index contributed by atoms with van der Waals surface area (Å²) in [6.07, 6.45) is 0.940. The Hall–Kier alpha value is -1.52. The fraction of sp³-hybridized carbons (Fsp3) is 0.250. The van der Waals surface area contributed by atoms with Gasteiger partial charge in [0.05, 0.1) is 5.56 Å². The van der Waals surface area contributed by atoms with Crippen molar-refractivity contribution in [1.29, 1.82) is 0 Å². The molecule has 0 amide bonds. The van der Waals surface area contributed by atoms with Gasteiger partial charge in [-0.15, -0.1) is 0 Å². The molecule has 0 aliphatic carbocycles. The molecule has 0 bridgehead atoms. The average Bonchev–Trinajstić information content (AvgIpc) is 2.40. The zero-order chi connectivity index (χ0) is 15.4. The molecule has 0 radical (unpaired) electrons. The lowest BCUT2D eigenvalue weighted by Crippen LogP contribution is -2.14. The van der Waals surface area contributed by atoms with E-state index >= 15 is 0 Å². The highest BCUT2D eigenvalue weighted by atomic mass is 35.5. The Morgan fingerprint density at radius 3 is 2.33 bits per heavy atom. The molecule has 2 rings (SSSR count). The van der Waals surface area contributed by atoms with Crippen LogP contribution < -0.4 is 5.32 Å². The van der Waals surface area contributed by atoms with Crippen molar-refractivity contribution < 1.29 is 13.2 Å². The molecule has 2 aromatic carbocycles. The second-order valence-electron chi connectivity index (χ2n) is 4.72. The first-order valence-corrected chi connectivity index (χ1v) is 7.04. The van der Waals surface area contributed by atoms with Gasteiger partial charge in [-0.1, -0.05) is 24.6 Å². The van der Waals surface area contributed by atoms with Crippen LogP contribution in [-0.4, -0.2) is 6.54 Å². The summed E-state index contributed by atoms with van der Waals surface area (Å²) in [6.45, 7) is 3.23. The van der Waals surface area contributed by atoms with E-state index in [0.717, 1.165) is 13.0 Å². The van der Waals surface area contributed by atoms with E-state index in [1.54, 1.807) is 18.2 Å². The first-order valence-electron chi connectivity index (χ1n) is 6.67. The maximum Gasteiger partial charge on any atom is 0.136 e. The Balaban J connectivity index is 2.48. The second-order valence-corrected chi connectivity index (χ2v) is 5.16. The van der Waals surface area contributed by atoms with Gasteiger partial charge < -0.3 is 5.32 Å². The highest BCUT2D eigenvalue weighted by Crippen LogP contribution is 2.31. The van der Waals surface area contributed by atoms with Crippen molar-refractivity contribution in [2.75, 3.05) is 6.54 Å². The molecule has 0 aliphatic rings. The maximum absolute atomic E-state index is 13.9. The number of rotatable bonds is 5. The second kappa shape index (κ2) is 6.96. The van der Waals surface area contributed by atoms with Crippen LogP contribution in [0.3, 0.4) is 0 Å². The summed E-state index contributed by atoms with van der Waals surface area (Å²) in [7, 11) is 0. The number of nitrogens with one attached hydrogen (secondary N) is 1. The predicted octanol–water partition coefficient (Wildman–Crippen LogP) is 4.92. The summed E-state index contributed by atoms with van der Waals surface area (Å²) in [5.74, 6) is -2.79. The summed E-state index contributed by atoms with van der Waals surface area (Å²) >= 11 is 5.95. The minimum atomic E-state index is -0.937. The normalized spacial score (nSPS) is 10.9. The van der Waals surface area contributed by atoms with Gasteiger partial charge in [-0.2, -0.15) is 0 Å². The van der Waals surface area contributed by atoms with E-state index in [-0.39, 0.29) is 5.56 Å². The van der Waals surface area contributed by atoms with Gasteiger partial charge >= 0.3 is 0 Å². The van der Waals surface area contributed by atoms with E-state index in [2.05, 4.69) is 5.32 Å². The molecular weight excluding hydrogens is 299 g/mol. The molecule has 0 aliphatic heterocycles. The van der Waals surface area contributed by atoms with Gasteiger partial charge in [-0.3, -0.25) is 0 Å². The van der Waals surface area contributed by atoms with Crippen LogP contribution in [0.1, 0.15) is 18.9 Å². The molecule has 112 valence electrons. The van der Waals surface area contributed by atoms with Crippen molar-refractivity contribution in [2.45, 2.75) is 19.9 Å². The Morgan fingerprint density at radius 1 is 1.05 bits per heavy atom. The molecule has 0 atom stereocenters. The Morgan fingerprint density at radius 2 is 1.71 bits per heavy atom. The van der Waals surface area contributed by atoms with Crippen molar-refractivity contribution in [3.8, 4) is 11.1 Å². The predicted molar refractivity (Wildman–Crippen MR) is 78.8 cm³/mol. The SMILES string of the molecule is CCCNCc1cc(Cl)ccc1-c1c(F)cc(F)cc1F. The van der Waals surface area contributed by atoms with Crippen LogP contribution in [0, 0.1) is 17.5 Å². The average molecular weight is 314 g/mol. The van der Waals surface area contributed by atoms with Gasteiger partial charge in [0.2, 0.25) is 0 Å². The molecule has 0 heterocycles. The van der Waals surface area contributed by atoms with Gasteiger partial charge in [0.1, 0.15) is 17.5 Å². The molecule has 0 fully saturated rings. The molecule has 0 saturated heterocycles. The van der Waals surface area contributed by atoms with Crippen molar-refractivity contribution in [1.82, 2.24) is 5.32 Å². The van der Waals surface area contributed by atoms with Gasteiger partial charge in [0.25, 0.3) is 0 Å². The van der Waals surface area contributed by atoms with E-state index in [4.69, 9.17) is 11.6 Å². The Bertz CT molecular complexity index is 620. The summed E-state index contributed by atoms with van der Waals surface area (Å²) < 4.78 is 40.9. The third-order valence-electron chi connectivity index (χ3n) is 3.09. The van der Waals surface area contributed by atoms with Crippen LogP contribution in [0.25, 0.3) is 11.1 Å². The van der Waals surface area contributed by atoms with E-state index in [1.165, 1.54) is 0 Å². The van der Waals surface area contributed by atoms with Crippen LogP contribution in [0.4, 0.5) is 13.2 Å². The fourth-order valence-electron chi connectivity index (χ4n) is 2.15. The summed E-state index contributed by atoms with van der Waals surface area (Å²) in [5.41, 5.74) is 0.805. The summed E-state index contributed by atoms with van der Waals surface area (Å²) in [4.78, 5) is 0. The smallest absolute Gasteiger partial charge is 0.136 e. The molecule has 0 unspecified atom stereocenters. The monoisotopic (exact) mass is 313 g/mol. The number of benzene rings is 2. The highest BCUT2D eigenvalue weighted by Gasteiger charge is 2.16. The molecule has 0 saturated carbocycles. The third kappa shape index (κ3) is 3.77. The molecule has 2 aromatic rings. The first-order chi connectivity index (χ1) is 10.0. The lowest BCUT2D eigenvalue weighted by Gasteiger charge is -2.13. The minimum Gasteiger partial charge on any atom is -0.313 e. The Kier molecular flexibility index (Phi) is 5.26. The van der Waals surface area contributed by atoms with Gasteiger partial charge in [0, 0.05) is 23.7 Å². The van der Waals surface area contributed by atoms with Crippen LogP contribution in [0.15, 0.2) is 30.3 Å². The third-order valence-corrected chi connectivity index (χ3v) is 3.32. The summed E-state index contributed by atoms with van der Waals surface area (Å²) in [6, 6.07) is 6.11. The van der Waals surface area contributed by atoms with E-state index in [9.17, 15) is 13.2 Å². The lowest BCUT2D eigenvalue weighted by atomic mass is 9.98. The number of hydrogen-bond acceptors (Lipinski definition) is 1. The molecule has 0 aromatic heterocycles. The van der Waals surface area contributed by atoms with Crippen molar-refractivity contribution in [3.05, 3.63) is 58.4 Å². The summed E-state index contributed by atoms with van der Waals surface area (Å²) in [5, 5.41) is 3.64. The van der Waals surface area contributed by atoms with Gasteiger partial charge in [-0.05, 0) is 36.2 Å². The molecule has 5 heteroatoms. The topological polar surface area (TPSA) is 12.0 Å². The molecule has 1 N–H and O–H groups in total. The van der Waals surface area contributed by atoms with E-state index in [1.807, 2.05) is 6.92 Å². The standard InChI is InChI=1S/C16H15ClF3N/c1-2-5-21-9-10-6-11(17)3-4-13(10)16-14(19)7-12(18)8-15(16)20/h3-4,6-8,21H,2,5,9H2,1H3. The molecular formula is C16H15ClF3N. The number of halogens is 4. The Labute approximate surface area is 126 Å². The fourth-order valence-corrected chi connectivity index (χ4v) is 2.35. The van der Waals surface area contributed by atoms with Crippen molar-refractivity contribution >= 4 is 11.6 Å². The first kappa shape index (κ1) is 15.9. The van der Waals surface area contributed by atoms with E-state index in [0.29, 0.717) is 34.8 Å². The van der Waals surface area contributed by atoms with Gasteiger partial charge in [0.15, 0.2) is 0 Å². The van der Waals surface area contributed by atoms with Crippen LogP contribution in [-0.2, 0) is 6.54 Å². The van der Waals surface area contributed by atoms with Crippen LogP contribution >= 0.6 is 11.6 Å². The molecule has 0 spiro atoms. The van der Waals surface area contributed by atoms with Crippen molar-refractivity contribution in [3.63, 3.8) is 0 Å². The van der Waals surface area contributed by atoms with Crippen LogP contribution in [0.2, 0.25) is 5.02 Å².